The summed E-state index contributed by atoms with van der Waals surface area (Å²) in [7, 11) is 0. The second-order valence-electron chi connectivity index (χ2n) is 4.83. The van der Waals surface area contributed by atoms with Crippen LogP contribution in [0.3, 0.4) is 0 Å². The van der Waals surface area contributed by atoms with E-state index >= 15 is 0 Å². The smallest absolute Gasteiger partial charge is 0.274 e. The second-order valence-corrected chi connectivity index (χ2v) is 4.83. The van der Waals surface area contributed by atoms with Crippen molar-refractivity contribution in [2.24, 2.45) is 0 Å². The zero-order valence-electron chi connectivity index (χ0n) is 11.0. The normalized spacial score (nSPS) is 18.9. The van der Waals surface area contributed by atoms with Crippen LogP contribution in [0.1, 0.15) is 34.3 Å². The third kappa shape index (κ3) is 3.31. The summed E-state index contributed by atoms with van der Waals surface area (Å²) in [4.78, 5) is 17.1. The van der Waals surface area contributed by atoms with Crippen molar-refractivity contribution in [3.63, 3.8) is 0 Å². The molecule has 2 N–H and O–H groups in total. The molecule has 4 nitrogen and oxygen atoms in total. The highest BCUT2D eigenvalue weighted by atomic mass is 16.7. The van der Waals surface area contributed by atoms with Crippen molar-refractivity contribution in [1.29, 1.82) is 0 Å². The predicted molar refractivity (Wildman–Crippen MR) is 70.4 cm³/mol. The summed E-state index contributed by atoms with van der Waals surface area (Å²) in [5, 5.41) is 3.31. The summed E-state index contributed by atoms with van der Waals surface area (Å²) in [5.41, 5.74) is 5.42. The van der Waals surface area contributed by atoms with Crippen LogP contribution in [0.2, 0.25) is 0 Å². The van der Waals surface area contributed by atoms with Crippen LogP contribution in [-0.2, 0) is 4.84 Å². The zero-order chi connectivity index (χ0) is 13.0. The molecule has 1 aromatic carbocycles. The molecule has 0 aromatic heterocycles. The number of carbonyl (C=O) groups excluding carboxylic acids is 1. The van der Waals surface area contributed by atoms with E-state index < -0.39 is 0 Å². The minimum atomic E-state index is -0.184. The Morgan fingerprint density at radius 2 is 2.28 bits per heavy atom. The summed E-state index contributed by atoms with van der Waals surface area (Å²) >= 11 is 0. The fourth-order valence-corrected chi connectivity index (χ4v) is 2.05. The number of hydrogen-bond donors (Lipinski definition) is 2. The first-order valence-electron chi connectivity index (χ1n) is 6.39. The number of hydroxylamine groups is 1. The molecule has 0 spiro atoms. The van der Waals surface area contributed by atoms with Gasteiger partial charge in [-0.2, -0.15) is 0 Å². The molecule has 1 aromatic rings. The van der Waals surface area contributed by atoms with E-state index in [0.717, 1.165) is 18.5 Å². The van der Waals surface area contributed by atoms with Crippen molar-refractivity contribution < 1.29 is 9.63 Å². The van der Waals surface area contributed by atoms with Crippen molar-refractivity contribution in [3.05, 3.63) is 34.9 Å². The van der Waals surface area contributed by atoms with Gasteiger partial charge in [-0.3, -0.25) is 9.63 Å². The molecule has 1 aliphatic rings. The summed E-state index contributed by atoms with van der Waals surface area (Å²) in [5.74, 6) is -0.184. The molecule has 98 valence electrons. The maximum atomic E-state index is 11.8. The van der Waals surface area contributed by atoms with Crippen molar-refractivity contribution >= 4 is 5.91 Å². The minimum absolute atomic E-state index is 0.184. The van der Waals surface area contributed by atoms with Gasteiger partial charge >= 0.3 is 0 Å². The van der Waals surface area contributed by atoms with E-state index in [0.29, 0.717) is 18.2 Å². The summed E-state index contributed by atoms with van der Waals surface area (Å²) in [6, 6.07) is 6.00. The van der Waals surface area contributed by atoms with Crippen LogP contribution in [-0.4, -0.2) is 25.1 Å². The molecule has 1 saturated heterocycles. The van der Waals surface area contributed by atoms with Crippen molar-refractivity contribution in [1.82, 2.24) is 10.8 Å². The molecule has 1 atom stereocenters. The maximum Gasteiger partial charge on any atom is 0.274 e. The van der Waals surface area contributed by atoms with Crippen LogP contribution in [0, 0.1) is 13.8 Å². The van der Waals surface area contributed by atoms with Crippen molar-refractivity contribution in [2.75, 3.05) is 13.2 Å². The lowest BCUT2D eigenvalue weighted by molar-refractivity contribution is 0.0242. The third-order valence-corrected chi connectivity index (χ3v) is 3.38. The number of benzene rings is 1. The first-order chi connectivity index (χ1) is 8.66. The van der Waals surface area contributed by atoms with E-state index in [4.69, 9.17) is 4.84 Å². The topological polar surface area (TPSA) is 50.4 Å². The van der Waals surface area contributed by atoms with Gasteiger partial charge in [-0.25, -0.2) is 5.48 Å². The molecule has 4 heteroatoms. The average molecular weight is 248 g/mol. The number of hydrogen-bond acceptors (Lipinski definition) is 3. The molecular weight excluding hydrogens is 228 g/mol. The predicted octanol–water partition coefficient (Wildman–Crippen LogP) is 1.72. The summed E-state index contributed by atoms with van der Waals surface area (Å²) in [6.45, 7) is 5.59. The van der Waals surface area contributed by atoms with Crippen LogP contribution in [0.4, 0.5) is 0 Å². The van der Waals surface area contributed by atoms with Gasteiger partial charge in [0.05, 0.1) is 6.61 Å². The van der Waals surface area contributed by atoms with Crippen LogP contribution in [0.15, 0.2) is 18.2 Å². The largest absolute Gasteiger partial charge is 0.312 e. The number of amides is 1. The molecule has 1 unspecified atom stereocenters. The van der Waals surface area contributed by atoms with E-state index in [1.54, 1.807) is 0 Å². The number of rotatable bonds is 4. The molecule has 0 radical (unpaired) electrons. The van der Waals surface area contributed by atoms with E-state index in [2.05, 4.69) is 10.8 Å². The van der Waals surface area contributed by atoms with Crippen molar-refractivity contribution in [2.45, 2.75) is 32.7 Å². The average Bonchev–Trinajstić information content (AvgIpc) is 2.85. The quantitative estimate of drug-likeness (QED) is 0.798. The maximum absolute atomic E-state index is 11.8. The molecular formula is C14H20N2O2. The van der Waals surface area contributed by atoms with Gasteiger partial charge in [-0.05, 0) is 56.5 Å². The SMILES string of the molecule is Cc1ccc(C(=O)NOCC2CCCN2)cc1C. The standard InChI is InChI=1S/C14H20N2O2/c1-10-5-6-12(8-11(10)2)14(17)16-18-9-13-4-3-7-15-13/h5-6,8,13,15H,3-4,7,9H2,1-2H3,(H,16,17). The van der Waals surface area contributed by atoms with Gasteiger partial charge in [0, 0.05) is 11.6 Å². The van der Waals surface area contributed by atoms with E-state index in [1.807, 2.05) is 32.0 Å². The lowest BCUT2D eigenvalue weighted by Crippen LogP contribution is -2.32. The number of carbonyl (C=O) groups is 1. The highest BCUT2D eigenvalue weighted by Gasteiger charge is 2.14. The molecule has 1 fully saturated rings. The fraction of sp³-hybridized carbons (Fsp3) is 0.500. The molecule has 0 bridgehead atoms. The minimum Gasteiger partial charge on any atom is -0.312 e. The first-order valence-corrected chi connectivity index (χ1v) is 6.39. The number of aryl methyl sites for hydroxylation is 2. The molecule has 1 aliphatic heterocycles. The summed E-state index contributed by atoms with van der Waals surface area (Å²) < 4.78 is 0. The summed E-state index contributed by atoms with van der Waals surface area (Å²) in [6.07, 6.45) is 2.29. The van der Waals surface area contributed by atoms with Gasteiger partial charge in [0.2, 0.25) is 0 Å². The highest BCUT2D eigenvalue weighted by molar-refractivity contribution is 5.93. The second kappa shape index (κ2) is 5.98. The van der Waals surface area contributed by atoms with Crippen LogP contribution < -0.4 is 10.8 Å². The molecule has 0 aliphatic carbocycles. The van der Waals surface area contributed by atoms with Crippen molar-refractivity contribution in [3.8, 4) is 0 Å². The fourth-order valence-electron chi connectivity index (χ4n) is 2.05. The van der Waals surface area contributed by atoms with E-state index in [1.165, 1.54) is 12.0 Å². The van der Waals surface area contributed by atoms with Crippen LogP contribution in [0.5, 0.6) is 0 Å². The van der Waals surface area contributed by atoms with E-state index in [-0.39, 0.29) is 5.91 Å². The molecule has 1 amide bonds. The molecule has 1 heterocycles. The van der Waals surface area contributed by atoms with Crippen LogP contribution >= 0.6 is 0 Å². The lowest BCUT2D eigenvalue weighted by atomic mass is 10.1. The Morgan fingerprint density at radius 3 is 2.94 bits per heavy atom. The highest BCUT2D eigenvalue weighted by Crippen LogP contribution is 2.10. The Bertz CT molecular complexity index is 426. The Kier molecular flexibility index (Phi) is 4.33. The number of nitrogens with one attached hydrogen (secondary N) is 2. The van der Waals surface area contributed by atoms with Gasteiger partial charge in [0.25, 0.3) is 5.91 Å². The molecule has 0 saturated carbocycles. The van der Waals surface area contributed by atoms with Gasteiger partial charge < -0.3 is 5.32 Å². The lowest BCUT2D eigenvalue weighted by Gasteiger charge is -2.11. The van der Waals surface area contributed by atoms with Gasteiger partial charge in [0.1, 0.15) is 0 Å². The molecule has 18 heavy (non-hydrogen) atoms. The van der Waals surface area contributed by atoms with Gasteiger partial charge in [-0.1, -0.05) is 6.07 Å². The zero-order valence-corrected chi connectivity index (χ0v) is 11.0. The Labute approximate surface area is 108 Å². The van der Waals surface area contributed by atoms with Crippen LogP contribution in [0.25, 0.3) is 0 Å². The monoisotopic (exact) mass is 248 g/mol. The first kappa shape index (κ1) is 13.1. The Morgan fingerprint density at radius 1 is 1.44 bits per heavy atom. The Balaban J connectivity index is 1.81. The van der Waals surface area contributed by atoms with Gasteiger partial charge in [-0.15, -0.1) is 0 Å². The third-order valence-electron chi connectivity index (χ3n) is 3.38. The Hall–Kier alpha value is -1.39. The van der Waals surface area contributed by atoms with E-state index in [9.17, 15) is 4.79 Å². The van der Waals surface area contributed by atoms with Gasteiger partial charge in [0.15, 0.2) is 0 Å². The molecule has 2 rings (SSSR count).